The minimum absolute atomic E-state index is 0.305. The van der Waals surface area contributed by atoms with E-state index in [1.54, 1.807) is 7.11 Å². The van der Waals surface area contributed by atoms with E-state index in [4.69, 9.17) is 4.74 Å². The number of methoxy groups -OCH3 is 1. The van der Waals surface area contributed by atoms with Crippen LogP contribution in [0.5, 0.6) is 5.75 Å². The number of hydrogen-bond donors (Lipinski definition) is 1. The fourth-order valence-corrected chi connectivity index (χ4v) is 2.61. The summed E-state index contributed by atoms with van der Waals surface area (Å²) >= 11 is 3.52. The normalized spacial score (nSPS) is 12.2. The van der Waals surface area contributed by atoms with Gasteiger partial charge < -0.3 is 10.1 Å². The minimum Gasteiger partial charge on any atom is -0.496 e. The number of nitrogens with one attached hydrogen (secondary N) is 1. The van der Waals surface area contributed by atoms with E-state index in [1.807, 2.05) is 18.5 Å². The van der Waals surface area contributed by atoms with Crippen molar-refractivity contribution in [2.24, 2.45) is 0 Å². The van der Waals surface area contributed by atoms with Crippen LogP contribution in [-0.2, 0) is 6.42 Å². The number of rotatable bonds is 6. The van der Waals surface area contributed by atoms with Crippen LogP contribution in [0.3, 0.4) is 0 Å². The van der Waals surface area contributed by atoms with Crippen LogP contribution in [0.2, 0.25) is 0 Å². The molecule has 0 fully saturated rings. The van der Waals surface area contributed by atoms with Crippen molar-refractivity contribution in [1.29, 1.82) is 0 Å². The Morgan fingerprint density at radius 3 is 2.65 bits per heavy atom. The summed E-state index contributed by atoms with van der Waals surface area (Å²) in [5.41, 5.74) is 2.54. The van der Waals surface area contributed by atoms with Gasteiger partial charge in [0.05, 0.1) is 11.6 Å². The molecule has 1 heterocycles. The molecule has 20 heavy (non-hydrogen) atoms. The van der Waals surface area contributed by atoms with Gasteiger partial charge in [0, 0.05) is 18.4 Å². The molecule has 0 saturated carbocycles. The zero-order valence-corrected chi connectivity index (χ0v) is 13.4. The Morgan fingerprint density at radius 2 is 2.00 bits per heavy atom. The van der Waals surface area contributed by atoms with Gasteiger partial charge in [-0.15, -0.1) is 0 Å². The van der Waals surface area contributed by atoms with E-state index in [0.29, 0.717) is 6.04 Å². The smallest absolute Gasteiger partial charge is 0.133 e. The molecule has 4 heteroatoms. The van der Waals surface area contributed by atoms with Crippen molar-refractivity contribution in [1.82, 2.24) is 10.3 Å². The molecule has 1 N–H and O–H groups in total. The van der Waals surface area contributed by atoms with Crippen LogP contribution in [-0.4, -0.2) is 18.6 Å². The molecular formula is C16H19BrN2O. The van der Waals surface area contributed by atoms with Gasteiger partial charge in [0.2, 0.25) is 0 Å². The standard InChI is InChI=1S/C16H19BrN2O/c1-12(14-3-4-16(20-2)15(17)11-14)19-10-7-13-5-8-18-9-6-13/h3-6,8-9,11-12,19H,7,10H2,1-2H3. The van der Waals surface area contributed by atoms with Gasteiger partial charge in [0.25, 0.3) is 0 Å². The third-order valence-corrected chi connectivity index (χ3v) is 3.91. The van der Waals surface area contributed by atoms with Crippen molar-refractivity contribution >= 4 is 15.9 Å². The van der Waals surface area contributed by atoms with E-state index in [-0.39, 0.29) is 0 Å². The fourth-order valence-electron chi connectivity index (χ4n) is 2.05. The van der Waals surface area contributed by atoms with Gasteiger partial charge in [-0.05, 0) is 71.2 Å². The minimum atomic E-state index is 0.305. The highest BCUT2D eigenvalue weighted by molar-refractivity contribution is 9.10. The Balaban J connectivity index is 1.88. The summed E-state index contributed by atoms with van der Waals surface area (Å²) in [7, 11) is 1.68. The largest absolute Gasteiger partial charge is 0.496 e. The number of nitrogens with zero attached hydrogens (tertiary/aromatic N) is 1. The van der Waals surface area contributed by atoms with Crippen LogP contribution in [0.25, 0.3) is 0 Å². The maximum Gasteiger partial charge on any atom is 0.133 e. The number of benzene rings is 1. The third kappa shape index (κ3) is 4.05. The van der Waals surface area contributed by atoms with Crippen molar-refractivity contribution in [3.63, 3.8) is 0 Å². The number of ether oxygens (including phenoxy) is 1. The molecular weight excluding hydrogens is 316 g/mol. The summed E-state index contributed by atoms with van der Waals surface area (Å²) in [4.78, 5) is 4.02. The lowest BCUT2D eigenvalue weighted by Crippen LogP contribution is -2.21. The van der Waals surface area contributed by atoms with E-state index in [2.05, 4.69) is 57.4 Å². The molecule has 0 radical (unpaired) electrons. The van der Waals surface area contributed by atoms with Crippen molar-refractivity contribution in [2.45, 2.75) is 19.4 Å². The molecule has 0 bridgehead atoms. The zero-order chi connectivity index (χ0) is 14.4. The van der Waals surface area contributed by atoms with E-state index >= 15 is 0 Å². The molecule has 0 aliphatic heterocycles. The van der Waals surface area contributed by atoms with Crippen molar-refractivity contribution < 1.29 is 4.74 Å². The van der Waals surface area contributed by atoms with Gasteiger partial charge in [0.15, 0.2) is 0 Å². The highest BCUT2D eigenvalue weighted by atomic mass is 79.9. The number of hydrogen-bond acceptors (Lipinski definition) is 3. The lowest BCUT2D eigenvalue weighted by molar-refractivity contribution is 0.411. The van der Waals surface area contributed by atoms with Crippen LogP contribution in [0, 0.1) is 0 Å². The summed E-state index contributed by atoms with van der Waals surface area (Å²) < 4.78 is 6.23. The Morgan fingerprint density at radius 1 is 1.25 bits per heavy atom. The lowest BCUT2D eigenvalue weighted by Gasteiger charge is -2.15. The molecule has 2 aromatic rings. The van der Waals surface area contributed by atoms with Crippen LogP contribution in [0.15, 0.2) is 47.2 Å². The highest BCUT2D eigenvalue weighted by Crippen LogP contribution is 2.27. The maximum atomic E-state index is 5.25. The Bertz CT molecular complexity index is 545. The van der Waals surface area contributed by atoms with Gasteiger partial charge >= 0.3 is 0 Å². The van der Waals surface area contributed by atoms with Crippen LogP contribution in [0.1, 0.15) is 24.1 Å². The van der Waals surface area contributed by atoms with E-state index in [1.165, 1.54) is 11.1 Å². The first kappa shape index (κ1) is 15.0. The Hall–Kier alpha value is -1.39. The number of aromatic nitrogens is 1. The molecule has 0 aliphatic carbocycles. The van der Waals surface area contributed by atoms with Crippen molar-refractivity contribution in [3.8, 4) is 5.75 Å². The molecule has 106 valence electrons. The molecule has 2 rings (SSSR count). The zero-order valence-electron chi connectivity index (χ0n) is 11.8. The van der Waals surface area contributed by atoms with E-state index < -0.39 is 0 Å². The molecule has 1 aromatic heterocycles. The van der Waals surface area contributed by atoms with Crippen LogP contribution in [0.4, 0.5) is 0 Å². The first-order chi connectivity index (χ1) is 9.70. The number of halogens is 1. The van der Waals surface area contributed by atoms with Gasteiger partial charge in [-0.25, -0.2) is 0 Å². The summed E-state index contributed by atoms with van der Waals surface area (Å²) in [6.07, 6.45) is 4.67. The predicted molar refractivity (Wildman–Crippen MR) is 85.1 cm³/mol. The van der Waals surface area contributed by atoms with Crippen LogP contribution < -0.4 is 10.1 Å². The second kappa shape index (κ2) is 7.41. The molecule has 0 aliphatic rings. The molecule has 3 nitrogen and oxygen atoms in total. The summed E-state index contributed by atoms with van der Waals surface area (Å²) in [6.45, 7) is 3.11. The molecule has 0 amide bonds. The number of pyridine rings is 1. The summed E-state index contributed by atoms with van der Waals surface area (Å²) in [6, 6.07) is 10.6. The second-order valence-corrected chi connectivity index (χ2v) is 5.53. The molecule has 1 aromatic carbocycles. The van der Waals surface area contributed by atoms with Crippen LogP contribution >= 0.6 is 15.9 Å². The van der Waals surface area contributed by atoms with Gasteiger partial charge in [-0.2, -0.15) is 0 Å². The predicted octanol–water partition coefficient (Wildman–Crippen LogP) is 3.75. The monoisotopic (exact) mass is 334 g/mol. The first-order valence-corrected chi connectivity index (χ1v) is 7.45. The lowest BCUT2D eigenvalue weighted by atomic mass is 10.1. The third-order valence-electron chi connectivity index (χ3n) is 3.29. The highest BCUT2D eigenvalue weighted by Gasteiger charge is 2.07. The van der Waals surface area contributed by atoms with Gasteiger partial charge in [-0.3, -0.25) is 4.98 Å². The maximum absolute atomic E-state index is 5.25. The first-order valence-electron chi connectivity index (χ1n) is 6.66. The second-order valence-electron chi connectivity index (χ2n) is 4.68. The summed E-state index contributed by atoms with van der Waals surface area (Å²) in [5, 5.41) is 3.53. The fraction of sp³-hybridized carbons (Fsp3) is 0.312. The van der Waals surface area contributed by atoms with E-state index in [0.717, 1.165) is 23.2 Å². The average Bonchev–Trinajstić information content (AvgIpc) is 2.48. The Kier molecular flexibility index (Phi) is 5.56. The average molecular weight is 335 g/mol. The van der Waals surface area contributed by atoms with Crippen molar-refractivity contribution in [2.75, 3.05) is 13.7 Å². The molecule has 0 saturated heterocycles. The molecule has 1 atom stereocenters. The molecule has 1 unspecified atom stereocenters. The topological polar surface area (TPSA) is 34.1 Å². The Labute approximate surface area is 128 Å². The summed E-state index contributed by atoms with van der Waals surface area (Å²) in [5.74, 6) is 0.859. The molecule has 0 spiro atoms. The van der Waals surface area contributed by atoms with E-state index in [9.17, 15) is 0 Å². The SMILES string of the molecule is COc1ccc(C(C)NCCc2ccncc2)cc1Br. The quantitative estimate of drug-likeness (QED) is 0.873. The van der Waals surface area contributed by atoms with Crippen molar-refractivity contribution in [3.05, 3.63) is 58.3 Å². The van der Waals surface area contributed by atoms with Gasteiger partial charge in [0.1, 0.15) is 5.75 Å². The van der Waals surface area contributed by atoms with Gasteiger partial charge in [-0.1, -0.05) is 6.07 Å².